The summed E-state index contributed by atoms with van der Waals surface area (Å²) in [7, 11) is 0. The van der Waals surface area contributed by atoms with Crippen LogP contribution in [0.5, 0.6) is 0 Å². The predicted molar refractivity (Wildman–Crippen MR) is 136 cm³/mol. The number of aromatic nitrogens is 1. The van der Waals surface area contributed by atoms with Crippen molar-refractivity contribution in [3.8, 4) is 0 Å². The van der Waals surface area contributed by atoms with Gasteiger partial charge in [0.15, 0.2) is 5.78 Å². The van der Waals surface area contributed by atoms with E-state index < -0.39 is 17.2 Å². The van der Waals surface area contributed by atoms with Crippen molar-refractivity contribution in [2.75, 3.05) is 0 Å². The molecule has 4 rings (SSSR count). The Bertz CT molecular complexity index is 1310. The predicted octanol–water partition coefficient (Wildman–Crippen LogP) is 7.97. The van der Waals surface area contributed by atoms with Crippen LogP contribution in [0.2, 0.25) is 0 Å². The van der Waals surface area contributed by atoms with Crippen LogP contribution in [0.25, 0.3) is 10.9 Å². The summed E-state index contributed by atoms with van der Waals surface area (Å²) in [6, 6.07) is 11.4. The highest BCUT2D eigenvalue weighted by Crippen LogP contribution is 2.39. The van der Waals surface area contributed by atoms with E-state index in [1.54, 1.807) is 13.0 Å². The minimum atomic E-state index is -4.44. The number of alkyl halides is 3. The van der Waals surface area contributed by atoms with Gasteiger partial charge in [-0.2, -0.15) is 13.2 Å². The van der Waals surface area contributed by atoms with Crippen LogP contribution in [0.3, 0.4) is 0 Å². The molecule has 1 aliphatic rings. The molecule has 0 atom stereocenters. The van der Waals surface area contributed by atoms with Gasteiger partial charge in [-0.05, 0) is 61.1 Å². The average molecular weight is 498 g/mol. The van der Waals surface area contributed by atoms with E-state index in [1.165, 1.54) is 12.1 Å². The molecule has 1 aliphatic carbocycles. The Labute approximate surface area is 210 Å². The van der Waals surface area contributed by atoms with E-state index in [2.05, 4.69) is 19.9 Å². The summed E-state index contributed by atoms with van der Waals surface area (Å²) in [6.45, 7) is 9.63. The number of carbonyl (C=O) groups excluding carboxylic acids is 2. The zero-order valence-corrected chi connectivity index (χ0v) is 21.6. The number of nitrogens with zero attached hydrogens (tertiary/aromatic N) is 1. The summed E-state index contributed by atoms with van der Waals surface area (Å²) in [5, 5.41) is 0.833. The van der Waals surface area contributed by atoms with E-state index in [1.807, 2.05) is 30.5 Å². The van der Waals surface area contributed by atoms with Gasteiger partial charge in [0.25, 0.3) is 0 Å². The van der Waals surface area contributed by atoms with Crippen molar-refractivity contribution in [3.05, 3.63) is 70.4 Å². The number of hydrogen-bond donors (Lipinski definition) is 0. The van der Waals surface area contributed by atoms with Crippen LogP contribution in [0.4, 0.5) is 13.2 Å². The highest BCUT2D eigenvalue weighted by molar-refractivity contribution is 6.11. The van der Waals surface area contributed by atoms with E-state index in [0.29, 0.717) is 17.5 Å². The van der Waals surface area contributed by atoms with Crippen molar-refractivity contribution in [2.24, 2.45) is 11.3 Å². The number of halogens is 3. The molecule has 0 radical (unpaired) electrons. The van der Waals surface area contributed by atoms with Gasteiger partial charge in [0, 0.05) is 46.5 Å². The van der Waals surface area contributed by atoms with Gasteiger partial charge in [-0.1, -0.05) is 52.3 Å². The van der Waals surface area contributed by atoms with Gasteiger partial charge in [0.1, 0.15) is 5.78 Å². The van der Waals surface area contributed by atoms with Crippen molar-refractivity contribution in [1.29, 1.82) is 0 Å². The topological polar surface area (TPSA) is 39.1 Å². The third-order valence-corrected chi connectivity index (χ3v) is 7.74. The molecule has 0 aliphatic heterocycles. The van der Waals surface area contributed by atoms with E-state index in [4.69, 9.17) is 0 Å². The molecule has 192 valence electrons. The van der Waals surface area contributed by atoms with Crippen LogP contribution < -0.4 is 0 Å². The molecule has 0 unspecified atom stereocenters. The lowest BCUT2D eigenvalue weighted by molar-refractivity contribution is -0.137. The second kappa shape index (κ2) is 9.53. The summed E-state index contributed by atoms with van der Waals surface area (Å²) in [4.78, 5) is 26.3. The molecule has 0 bridgehead atoms. The number of carbonyl (C=O) groups is 2. The maximum atomic E-state index is 13.8. The number of rotatable bonds is 8. The fourth-order valence-electron chi connectivity index (χ4n) is 4.87. The van der Waals surface area contributed by atoms with Crippen molar-refractivity contribution >= 4 is 22.5 Å². The number of hydrogen-bond acceptors (Lipinski definition) is 2. The van der Waals surface area contributed by atoms with Crippen molar-refractivity contribution in [1.82, 2.24) is 4.57 Å². The first kappa shape index (κ1) is 26.2. The first-order valence-corrected chi connectivity index (χ1v) is 12.7. The molecule has 36 heavy (non-hydrogen) atoms. The minimum Gasteiger partial charge on any atom is -0.339 e. The van der Waals surface area contributed by atoms with Gasteiger partial charge < -0.3 is 4.57 Å². The molecule has 3 aromatic rings. The number of Topliss-reactive ketones (excluding diaryl/α,β-unsaturated/α-hetero) is 2. The Morgan fingerprint density at radius 2 is 1.75 bits per heavy atom. The van der Waals surface area contributed by atoms with Crippen LogP contribution in [-0.4, -0.2) is 16.1 Å². The fraction of sp³-hybridized carbons (Fsp3) is 0.467. The third-order valence-electron chi connectivity index (χ3n) is 7.74. The molecule has 0 saturated heterocycles. The zero-order valence-electron chi connectivity index (χ0n) is 21.6. The smallest absolute Gasteiger partial charge is 0.339 e. The number of fused-ring (bicyclic) bond motifs is 1. The van der Waals surface area contributed by atoms with Gasteiger partial charge in [0.2, 0.25) is 0 Å². The van der Waals surface area contributed by atoms with Crippen molar-refractivity contribution in [3.63, 3.8) is 0 Å². The van der Waals surface area contributed by atoms with Gasteiger partial charge in [-0.3, -0.25) is 9.59 Å². The molecular weight excluding hydrogens is 463 g/mol. The Morgan fingerprint density at radius 1 is 1.06 bits per heavy atom. The van der Waals surface area contributed by atoms with Crippen LogP contribution in [-0.2, 0) is 23.9 Å². The van der Waals surface area contributed by atoms with Crippen LogP contribution >= 0.6 is 0 Å². The molecular formula is C30H34F3NO2. The second-order valence-corrected chi connectivity index (χ2v) is 11.1. The molecule has 3 nitrogen and oxygen atoms in total. The Morgan fingerprint density at radius 3 is 2.31 bits per heavy atom. The maximum Gasteiger partial charge on any atom is 0.416 e. The van der Waals surface area contributed by atoms with E-state index in [9.17, 15) is 22.8 Å². The maximum absolute atomic E-state index is 13.8. The molecule has 1 aromatic heterocycles. The second-order valence-electron chi connectivity index (χ2n) is 11.1. The Hall–Kier alpha value is -2.89. The zero-order chi connectivity index (χ0) is 26.4. The highest BCUT2D eigenvalue weighted by Gasteiger charge is 2.35. The van der Waals surface area contributed by atoms with Gasteiger partial charge in [0.05, 0.1) is 5.56 Å². The lowest BCUT2D eigenvalue weighted by Crippen LogP contribution is -2.28. The molecule has 0 spiro atoms. The SMILES string of the molecule is CC(=O)C(C)(C)Cc1c(C(=O)C2CCC2)c2cc(C(C)C)ccc2n1Cc1cccc(C(F)(F)F)c1. The third kappa shape index (κ3) is 5.00. The highest BCUT2D eigenvalue weighted by atomic mass is 19.4. The van der Waals surface area contributed by atoms with Gasteiger partial charge in [-0.25, -0.2) is 0 Å². The standard InChI is InChI=1S/C30H34F3NO2/c1-18(2)22-12-13-25-24(15-22)27(28(36)21-9-7-10-21)26(16-29(4,5)19(3)35)34(25)17-20-8-6-11-23(14-20)30(31,32)33/h6,8,11-15,18,21H,7,9-10,16-17H2,1-5H3. The largest absolute Gasteiger partial charge is 0.416 e. The summed E-state index contributed by atoms with van der Waals surface area (Å²) >= 11 is 0. The summed E-state index contributed by atoms with van der Waals surface area (Å²) < 4.78 is 42.2. The fourth-order valence-corrected chi connectivity index (χ4v) is 4.87. The summed E-state index contributed by atoms with van der Waals surface area (Å²) in [5.74, 6) is 0.303. The Kier molecular flexibility index (Phi) is 6.93. The first-order chi connectivity index (χ1) is 16.8. The van der Waals surface area contributed by atoms with Gasteiger partial charge in [-0.15, -0.1) is 0 Å². The first-order valence-electron chi connectivity index (χ1n) is 12.7. The molecule has 1 saturated carbocycles. The lowest BCUT2D eigenvalue weighted by Gasteiger charge is -2.27. The monoisotopic (exact) mass is 497 g/mol. The minimum absolute atomic E-state index is 0.00304. The molecule has 1 heterocycles. The lowest BCUT2D eigenvalue weighted by atomic mass is 9.77. The Balaban J connectivity index is 1.96. The molecule has 0 amide bonds. The van der Waals surface area contributed by atoms with E-state index >= 15 is 0 Å². The molecule has 2 aromatic carbocycles. The van der Waals surface area contributed by atoms with Crippen LogP contribution in [0.1, 0.15) is 92.5 Å². The number of benzene rings is 2. The molecule has 0 N–H and O–H groups in total. The molecule has 6 heteroatoms. The summed E-state index contributed by atoms with van der Waals surface area (Å²) in [5.41, 5.74) is 2.36. The average Bonchev–Trinajstić information content (AvgIpc) is 3.03. The normalized spacial score (nSPS) is 14.9. The van der Waals surface area contributed by atoms with E-state index in [0.717, 1.165) is 47.5 Å². The van der Waals surface area contributed by atoms with Gasteiger partial charge >= 0.3 is 6.18 Å². The van der Waals surface area contributed by atoms with Crippen molar-refractivity contribution in [2.45, 2.75) is 78.9 Å². The molecule has 1 fully saturated rings. The van der Waals surface area contributed by atoms with Crippen molar-refractivity contribution < 1.29 is 22.8 Å². The summed E-state index contributed by atoms with van der Waals surface area (Å²) in [6.07, 6.45) is -1.39. The van der Waals surface area contributed by atoms with E-state index in [-0.39, 0.29) is 29.9 Å². The quantitative estimate of drug-likeness (QED) is 0.296. The number of ketones is 2. The van der Waals surface area contributed by atoms with Crippen LogP contribution in [0.15, 0.2) is 42.5 Å². The van der Waals surface area contributed by atoms with Crippen LogP contribution in [0, 0.1) is 11.3 Å².